The van der Waals surface area contributed by atoms with E-state index in [0.717, 1.165) is 12.1 Å². The predicted molar refractivity (Wildman–Crippen MR) is 102 cm³/mol. The SMILES string of the molecule is COc1cccc(C(=O)NCc2ccc(CN3CCCC3)cc2)c1OC. The molecular weight excluding hydrogens is 328 g/mol. The van der Waals surface area contributed by atoms with Gasteiger partial charge in [0.25, 0.3) is 5.91 Å². The van der Waals surface area contributed by atoms with Crippen LogP contribution in [-0.4, -0.2) is 38.1 Å². The number of nitrogens with one attached hydrogen (secondary N) is 1. The molecule has 1 N–H and O–H groups in total. The fraction of sp³-hybridized carbons (Fsp3) is 0.381. The summed E-state index contributed by atoms with van der Waals surface area (Å²) in [5.74, 6) is 0.821. The van der Waals surface area contributed by atoms with Crippen LogP contribution in [-0.2, 0) is 13.1 Å². The van der Waals surface area contributed by atoms with Gasteiger partial charge in [0.15, 0.2) is 11.5 Å². The zero-order valence-electron chi connectivity index (χ0n) is 15.5. The first-order chi connectivity index (χ1) is 12.7. The van der Waals surface area contributed by atoms with Gasteiger partial charge in [0, 0.05) is 13.1 Å². The Bertz CT molecular complexity index is 737. The first-order valence-electron chi connectivity index (χ1n) is 9.00. The summed E-state index contributed by atoms with van der Waals surface area (Å²) in [5.41, 5.74) is 2.86. The Hall–Kier alpha value is -2.53. The molecule has 0 aliphatic carbocycles. The summed E-state index contributed by atoms with van der Waals surface area (Å²) >= 11 is 0. The van der Waals surface area contributed by atoms with Crippen LogP contribution < -0.4 is 14.8 Å². The fourth-order valence-corrected chi connectivity index (χ4v) is 3.30. The third-order valence-corrected chi connectivity index (χ3v) is 4.73. The lowest BCUT2D eigenvalue weighted by atomic mass is 10.1. The molecule has 1 amide bonds. The Kier molecular flexibility index (Phi) is 6.12. The molecule has 0 spiro atoms. The van der Waals surface area contributed by atoms with Gasteiger partial charge in [0.05, 0.1) is 19.8 Å². The highest BCUT2D eigenvalue weighted by atomic mass is 16.5. The Balaban J connectivity index is 1.59. The van der Waals surface area contributed by atoms with Crippen molar-refractivity contribution in [3.63, 3.8) is 0 Å². The van der Waals surface area contributed by atoms with Crippen molar-refractivity contribution in [1.82, 2.24) is 10.2 Å². The van der Waals surface area contributed by atoms with Crippen LogP contribution in [0.25, 0.3) is 0 Å². The summed E-state index contributed by atoms with van der Waals surface area (Å²) in [4.78, 5) is 15.0. The molecule has 5 nitrogen and oxygen atoms in total. The molecule has 138 valence electrons. The number of amides is 1. The van der Waals surface area contributed by atoms with Crippen molar-refractivity contribution < 1.29 is 14.3 Å². The largest absolute Gasteiger partial charge is 0.493 e. The molecule has 1 aliphatic heterocycles. The standard InChI is InChI=1S/C21H26N2O3/c1-25-19-7-5-6-18(20(19)26-2)21(24)22-14-16-8-10-17(11-9-16)15-23-12-3-4-13-23/h5-11H,3-4,12-15H2,1-2H3,(H,22,24). The van der Waals surface area contributed by atoms with E-state index in [9.17, 15) is 4.79 Å². The Morgan fingerprint density at radius 3 is 2.35 bits per heavy atom. The van der Waals surface area contributed by atoms with E-state index in [1.165, 1.54) is 38.6 Å². The van der Waals surface area contributed by atoms with Crippen LogP contribution in [0, 0.1) is 0 Å². The van der Waals surface area contributed by atoms with Gasteiger partial charge in [-0.2, -0.15) is 0 Å². The second kappa shape index (κ2) is 8.72. The number of methoxy groups -OCH3 is 2. The van der Waals surface area contributed by atoms with Crippen molar-refractivity contribution in [3.8, 4) is 11.5 Å². The van der Waals surface area contributed by atoms with Crippen LogP contribution >= 0.6 is 0 Å². The van der Waals surface area contributed by atoms with Crippen molar-refractivity contribution in [2.75, 3.05) is 27.3 Å². The summed E-state index contributed by atoms with van der Waals surface area (Å²) in [6.45, 7) is 3.87. The van der Waals surface area contributed by atoms with Crippen molar-refractivity contribution >= 4 is 5.91 Å². The van der Waals surface area contributed by atoms with Gasteiger partial charge in [-0.3, -0.25) is 9.69 Å². The molecule has 3 rings (SSSR count). The smallest absolute Gasteiger partial charge is 0.255 e. The molecule has 2 aromatic carbocycles. The van der Waals surface area contributed by atoms with Gasteiger partial charge in [-0.25, -0.2) is 0 Å². The van der Waals surface area contributed by atoms with E-state index in [1.807, 2.05) is 0 Å². The lowest BCUT2D eigenvalue weighted by Gasteiger charge is -2.15. The molecule has 0 unspecified atom stereocenters. The van der Waals surface area contributed by atoms with E-state index in [1.54, 1.807) is 25.3 Å². The van der Waals surface area contributed by atoms with E-state index >= 15 is 0 Å². The van der Waals surface area contributed by atoms with Gasteiger partial charge < -0.3 is 14.8 Å². The molecular formula is C21H26N2O3. The second-order valence-corrected chi connectivity index (χ2v) is 6.52. The normalized spacial score (nSPS) is 14.2. The van der Waals surface area contributed by atoms with Crippen LogP contribution in [0.5, 0.6) is 11.5 Å². The average Bonchev–Trinajstić information content (AvgIpc) is 3.19. The highest BCUT2D eigenvalue weighted by Crippen LogP contribution is 2.30. The quantitative estimate of drug-likeness (QED) is 0.829. The van der Waals surface area contributed by atoms with Gasteiger partial charge in [0.1, 0.15) is 0 Å². The molecule has 1 aliphatic rings. The minimum Gasteiger partial charge on any atom is -0.493 e. The molecule has 1 fully saturated rings. The van der Waals surface area contributed by atoms with Gasteiger partial charge in [-0.15, -0.1) is 0 Å². The zero-order chi connectivity index (χ0) is 18.4. The molecule has 1 saturated heterocycles. The molecule has 26 heavy (non-hydrogen) atoms. The number of nitrogens with zero attached hydrogens (tertiary/aromatic N) is 1. The van der Waals surface area contributed by atoms with Crippen molar-refractivity contribution in [2.24, 2.45) is 0 Å². The van der Waals surface area contributed by atoms with Crippen LogP contribution in [0.4, 0.5) is 0 Å². The van der Waals surface area contributed by atoms with Crippen LogP contribution in [0.2, 0.25) is 0 Å². The molecule has 0 bridgehead atoms. The van der Waals surface area contributed by atoms with Crippen molar-refractivity contribution in [3.05, 3.63) is 59.2 Å². The fourth-order valence-electron chi connectivity index (χ4n) is 3.30. The monoisotopic (exact) mass is 354 g/mol. The summed E-state index contributed by atoms with van der Waals surface area (Å²) in [7, 11) is 3.09. The number of hydrogen-bond donors (Lipinski definition) is 1. The molecule has 0 aromatic heterocycles. The van der Waals surface area contributed by atoms with Gasteiger partial charge in [-0.05, 0) is 49.2 Å². The summed E-state index contributed by atoms with van der Waals surface area (Å²) in [6, 6.07) is 13.7. The Morgan fingerprint density at radius 2 is 1.69 bits per heavy atom. The van der Waals surface area contributed by atoms with E-state index in [2.05, 4.69) is 34.5 Å². The number of hydrogen-bond acceptors (Lipinski definition) is 4. The first kappa shape index (κ1) is 18.3. The number of ether oxygens (including phenoxy) is 2. The number of likely N-dealkylation sites (tertiary alicyclic amines) is 1. The second-order valence-electron chi connectivity index (χ2n) is 6.52. The molecule has 2 aromatic rings. The topological polar surface area (TPSA) is 50.8 Å². The van der Waals surface area contributed by atoms with Crippen LogP contribution in [0.3, 0.4) is 0 Å². The average molecular weight is 354 g/mol. The summed E-state index contributed by atoms with van der Waals surface area (Å²) < 4.78 is 10.6. The maximum atomic E-state index is 12.5. The lowest BCUT2D eigenvalue weighted by molar-refractivity contribution is 0.0947. The number of rotatable bonds is 7. The van der Waals surface area contributed by atoms with Crippen molar-refractivity contribution in [1.29, 1.82) is 0 Å². The first-order valence-corrected chi connectivity index (χ1v) is 9.00. The van der Waals surface area contributed by atoms with E-state index in [-0.39, 0.29) is 5.91 Å². The number of carbonyl (C=O) groups is 1. The van der Waals surface area contributed by atoms with Gasteiger partial charge in [0.2, 0.25) is 0 Å². The van der Waals surface area contributed by atoms with E-state index < -0.39 is 0 Å². The molecule has 5 heteroatoms. The van der Waals surface area contributed by atoms with Crippen LogP contribution in [0.1, 0.15) is 34.3 Å². The minimum atomic E-state index is -0.179. The Morgan fingerprint density at radius 1 is 1.00 bits per heavy atom. The maximum Gasteiger partial charge on any atom is 0.255 e. The third kappa shape index (κ3) is 4.35. The Labute approximate surface area is 154 Å². The van der Waals surface area contributed by atoms with Crippen molar-refractivity contribution in [2.45, 2.75) is 25.9 Å². The number of para-hydroxylation sites is 1. The van der Waals surface area contributed by atoms with Crippen LogP contribution in [0.15, 0.2) is 42.5 Å². The minimum absolute atomic E-state index is 0.179. The zero-order valence-corrected chi connectivity index (χ0v) is 15.5. The van der Waals surface area contributed by atoms with E-state index in [0.29, 0.717) is 23.6 Å². The highest BCUT2D eigenvalue weighted by molar-refractivity contribution is 5.97. The summed E-state index contributed by atoms with van der Waals surface area (Å²) in [5, 5.41) is 2.95. The lowest BCUT2D eigenvalue weighted by Crippen LogP contribution is -2.23. The predicted octanol–water partition coefficient (Wildman–Crippen LogP) is 3.23. The molecule has 0 atom stereocenters. The number of benzene rings is 2. The number of carbonyl (C=O) groups excluding carboxylic acids is 1. The molecule has 1 heterocycles. The molecule has 0 saturated carbocycles. The molecule has 0 radical (unpaired) electrons. The summed E-state index contributed by atoms with van der Waals surface area (Å²) in [6.07, 6.45) is 2.61. The van der Waals surface area contributed by atoms with Gasteiger partial charge in [-0.1, -0.05) is 30.3 Å². The van der Waals surface area contributed by atoms with E-state index in [4.69, 9.17) is 9.47 Å². The maximum absolute atomic E-state index is 12.5. The third-order valence-electron chi connectivity index (χ3n) is 4.73. The highest BCUT2D eigenvalue weighted by Gasteiger charge is 2.16. The van der Waals surface area contributed by atoms with Gasteiger partial charge >= 0.3 is 0 Å².